The predicted molar refractivity (Wildman–Crippen MR) is 80.3 cm³/mol. The van der Waals surface area contributed by atoms with Crippen LogP contribution in [0.4, 0.5) is 0 Å². The van der Waals surface area contributed by atoms with Gasteiger partial charge in [-0.1, -0.05) is 30.3 Å². The zero-order valence-corrected chi connectivity index (χ0v) is 13.0. The highest BCUT2D eigenvalue weighted by molar-refractivity contribution is 7.96. The van der Waals surface area contributed by atoms with E-state index in [0.717, 1.165) is 0 Å². The van der Waals surface area contributed by atoms with Gasteiger partial charge in [-0.25, -0.2) is 16.8 Å². The van der Waals surface area contributed by atoms with Crippen molar-refractivity contribution < 1.29 is 21.6 Å². The van der Waals surface area contributed by atoms with Gasteiger partial charge in [-0.3, -0.25) is 4.79 Å². The largest absolute Gasteiger partial charge is 0.298 e. The highest BCUT2D eigenvalue weighted by atomic mass is 32.2. The van der Waals surface area contributed by atoms with Gasteiger partial charge in [-0.15, -0.1) is 0 Å². The Morgan fingerprint density at radius 2 is 1.68 bits per heavy atom. The van der Waals surface area contributed by atoms with E-state index in [2.05, 4.69) is 0 Å². The molecule has 0 aliphatic carbocycles. The van der Waals surface area contributed by atoms with Crippen molar-refractivity contribution in [1.82, 2.24) is 0 Å². The molecule has 3 rings (SSSR count). The molecule has 0 radical (unpaired) electrons. The Morgan fingerprint density at radius 3 is 2.32 bits per heavy atom. The molecule has 1 aliphatic rings. The van der Waals surface area contributed by atoms with Gasteiger partial charge in [-0.05, 0) is 18.2 Å². The summed E-state index contributed by atoms with van der Waals surface area (Å²) in [7, 11) is -7.61. The lowest BCUT2D eigenvalue weighted by Gasteiger charge is -2.13. The lowest BCUT2D eigenvalue weighted by atomic mass is 10.1. The maximum absolute atomic E-state index is 12.8. The Labute approximate surface area is 128 Å². The first kappa shape index (κ1) is 14.9. The number of hydrogen-bond acceptors (Lipinski definition) is 5. The fourth-order valence-electron chi connectivity index (χ4n) is 2.67. The third-order valence-electron chi connectivity index (χ3n) is 3.70. The van der Waals surface area contributed by atoms with Crippen LogP contribution < -0.4 is 0 Å². The minimum Gasteiger partial charge on any atom is -0.298 e. The van der Waals surface area contributed by atoms with Gasteiger partial charge in [0.15, 0.2) is 19.7 Å². The Morgan fingerprint density at radius 1 is 1.00 bits per heavy atom. The zero-order valence-electron chi connectivity index (χ0n) is 11.3. The molecule has 1 atom stereocenters. The smallest absolute Gasteiger partial charge is 0.186 e. The molecule has 1 heterocycles. The number of fused-ring (bicyclic) bond motifs is 1. The first-order valence-corrected chi connectivity index (χ1v) is 9.67. The molecule has 0 saturated heterocycles. The van der Waals surface area contributed by atoms with Crippen LogP contribution in [-0.2, 0) is 19.7 Å². The van der Waals surface area contributed by atoms with Crippen molar-refractivity contribution in [3.8, 4) is 0 Å². The summed E-state index contributed by atoms with van der Waals surface area (Å²) in [6.07, 6.45) is 0.493. The molecule has 0 spiro atoms. The van der Waals surface area contributed by atoms with E-state index in [1.54, 1.807) is 18.2 Å². The van der Waals surface area contributed by atoms with Crippen LogP contribution >= 0.6 is 0 Å². The third kappa shape index (κ3) is 2.17. The SMILES string of the molecule is O=Cc1cccc2c1C(S(=O)(=O)c1ccccc1)CS2(=O)=O. The molecular weight excluding hydrogens is 324 g/mol. The zero-order chi connectivity index (χ0) is 16.0. The summed E-state index contributed by atoms with van der Waals surface area (Å²) in [5, 5.41) is -1.25. The average molecular weight is 336 g/mol. The van der Waals surface area contributed by atoms with Gasteiger partial charge in [0.25, 0.3) is 0 Å². The highest BCUT2D eigenvalue weighted by Crippen LogP contribution is 2.42. The number of benzene rings is 2. The summed E-state index contributed by atoms with van der Waals surface area (Å²) in [5.41, 5.74) is 0.185. The Bertz CT molecular complexity index is 945. The van der Waals surface area contributed by atoms with E-state index >= 15 is 0 Å². The molecule has 0 N–H and O–H groups in total. The Hall–Kier alpha value is -1.99. The standard InChI is InChI=1S/C15H12O5S2/c16-9-11-5-4-8-13-15(11)14(10-21(13,17)18)22(19,20)12-6-2-1-3-7-12/h1-9,14H,10H2. The van der Waals surface area contributed by atoms with Crippen LogP contribution in [0.2, 0.25) is 0 Å². The monoisotopic (exact) mass is 336 g/mol. The van der Waals surface area contributed by atoms with Crippen LogP contribution in [0.3, 0.4) is 0 Å². The number of carbonyl (C=O) groups is 1. The van der Waals surface area contributed by atoms with E-state index in [1.165, 1.54) is 30.3 Å². The van der Waals surface area contributed by atoms with Gasteiger partial charge in [0.05, 0.1) is 15.5 Å². The van der Waals surface area contributed by atoms with Gasteiger partial charge in [0.1, 0.15) is 11.5 Å². The van der Waals surface area contributed by atoms with Crippen molar-refractivity contribution >= 4 is 26.0 Å². The number of sulfone groups is 2. The number of hydrogen-bond donors (Lipinski definition) is 0. The highest BCUT2D eigenvalue weighted by Gasteiger charge is 2.44. The molecule has 0 amide bonds. The van der Waals surface area contributed by atoms with E-state index in [9.17, 15) is 21.6 Å². The summed E-state index contributed by atoms with van der Waals surface area (Å²) >= 11 is 0. The molecular formula is C15H12O5S2. The van der Waals surface area contributed by atoms with Crippen LogP contribution in [0.25, 0.3) is 0 Å². The van der Waals surface area contributed by atoms with Crippen LogP contribution in [0, 0.1) is 0 Å². The maximum Gasteiger partial charge on any atom is 0.186 e. The van der Waals surface area contributed by atoms with Gasteiger partial charge >= 0.3 is 0 Å². The molecule has 1 unspecified atom stereocenters. The van der Waals surface area contributed by atoms with Gasteiger partial charge in [-0.2, -0.15) is 0 Å². The van der Waals surface area contributed by atoms with Crippen molar-refractivity contribution in [2.75, 3.05) is 5.75 Å². The molecule has 0 bridgehead atoms. The number of rotatable bonds is 3. The van der Waals surface area contributed by atoms with Gasteiger partial charge in [0.2, 0.25) is 0 Å². The maximum atomic E-state index is 12.8. The molecule has 0 fully saturated rings. The Balaban J connectivity index is 2.27. The fourth-order valence-corrected chi connectivity index (χ4v) is 7.06. The van der Waals surface area contributed by atoms with E-state index in [0.29, 0.717) is 6.29 Å². The minimum absolute atomic E-state index is 0.0451. The van der Waals surface area contributed by atoms with Gasteiger partial charge in [0, 0.05) is 11.1 Å². The topological polar surface area (TPSA) is 85.3 Å². The molecule has 0 saturated carbocycles. The summed E-state index contributed by atoms with van der Waals surface area (Å²) in [6.45, 7) is 0. The van der Waals surface area contributed by atoms with E-state index in [1.807, 2.05) is 0 Å². The summed E-state index contributed by atoms with van der Waals surface area (Å²) < 4.78 is 50.0. The summed E-state index contributed by atoms with van der Waals surface area (Å²) in [6, 6.07) is 11.9. The average Bonchev–Trinajstić information content (AvgIpc) is 2.81. The molecule has 22 heavy (non-hydrogen) atoms. The quantitative estimate of drug-likeness (QED) is 0.798. The van der Waals surface area contributed by atoms with Crippen molar-refractivity contribution in [3.05, 3.63) is 59.7 Å². The van der Waals surface area contributed by atoms with Crippen LogP contribution in [0.15, 0.2) is 58.3 Å². The van der Waals surface area contributed by atoms with E-state index in [-0.39, 0.29) is 20.9 Å². The van der Waals surface area contributed by atoms with Gasteiger partial charge < -0.3 is 0 Å². The fraction of sp³-hybridized carbons (Fsp3) is 0.133. The van der Waals surface area contributed by atoms with Crippen LogP contribution in [-0.4, -0.2) is 28.9 Å². The molecule has 7 heteroatoms. The molecule has 2 aromatic rings. The Kier molecular flexibility index (Phi) is 3.41. The molecule has 2 aromatic carbocycles. The minimum atomic E-state index is -3.89. The lowest BCUT2D eigenvalue weighted by Crippen LogP contribution is -2.16. The van der Waals surface area contributed by atoms with Crippen molar-refractivity contribution in [3.63, 3.8) is 0 Å². The first-order chi connectivity index (χ1) is 10.4. The second-order valence-corrected chi connectivity index (χ2v) is 9.14. The van der Waals surface area contributed by atoms with Crippen LogP contribution in [0.5, 0.6) is 0 Å². The first-order valence-electron chi connectivity index (χ1n) is 6.48. The van der Waals surface area contributed by atoms with Crippen LogP contribution in [0.1, 0.15) is 21.2 Å². The normalized spacial score (nSPS) is 19.5. The van der Waals surface area contributed by atoms with E-state index in [4.69, 9.17) is 0 Å². The second-order valence-electron chi connectivity index (χ2n) is 5.01. The molecule has 1 aliphatic heterocycles. The molecule has 0 aromatic heterocycles. The van der Waals surface area contributed by atoms with Crippen molar-refractivity contribution in [2.45, 2.75) is 15.0 Å². The molecule has 5 nitrogen and oxygen atoms in total. The van der Waals surface area contributed by atoms with Crippen molar-refractivity contribution in [2.24, 2.45) is 0 Å². The summed E-state index contributed by atoms with van der Waals surface area (Å²) in [5.74, 6) is -0.537. The second kappa shape index (κ2) is 5.03. The number of aldehydes is 1. The molecule has 114 valence electrons. The van der Waals surface area contributed by atoms with E-state index < -0.39 is 30.7 Å². The summed E-state index contributed by atoms with van der Waals surface area (Å²) in [4.78, 5) is 11.2. The lowest BCUT2D eigenvalue weighted by molar-refractivity contribution is 0.112. The predicted octanol–water partition coefficient (Wildman–Crippen LogP) is 1.80. The third-order valence-corrected chi connectivity index (χ3v) is 7.79. The number of carbonyl (C=O) groups excluding carboxylic acids is 1. The van der Waals surface area contributed by atoms with Crippen molar-refractivity contribution in [1.29, 1.82) is 0 Å².